The predicted octanol–water partition coefficient (Wildman–Crippen LogP) is 1.80. The standard InChI is InChI=1S/C17H26N2O2/c1-2-8-19(9-11-20)10-12-21-17-5-3-4-15(13-17)14-18-16-6-7-16/h2-5,13,16,18,20H,1,6-12,14H2. The van der Waals surface area contributed by atoms with Crippen LogP contribution < -0.4 is 10.1 Å². The maximum Gasteiger partial charge on any atom is 0.119 e. The molecule has 4 nitrogen and oxygen atoms in total. The maximum atomic E-state index is 9.00. The SMILES string of the molecule is C=CCN(CCO)CCOc1cccc(CNC2CC2)c1. The molecule has 0 bridgehead atoms. The molecule has 0 amide bonds. The number of benzene rings is 1. The van der Waals surface area contributed by atoms with Crippen LogP contribution in [0.1, 0.15) is 18.4 Å². The van der Waals surface area contributed by atoms with Crippen LogP contribution in [0.2, 0.25) is 0 Å². The first-order chi connectivity index (χ1) is 10.3. The molecular formula is C17H26N2O2. The minimum absolute atomic E-state index is 0.163. The van der Waals surface area contributed by atoms with Gasteiger partial charge < -0.3 is 15.2 Å². The molecule has 0 unspecified atom stereocenters. The number of hydrogen-bond donors (Lipinski definition) is 2. The molecule has 0 saturated heterocycles. The highest BCUT2D eigenvalue weighted by atomic mass is 16.5. The van der Waals surface area contributed by atoms with Gasteiger partial charge in [0, 0.05) is 32.2 Å². The number of nitrogens with one attached hydrogen (secondary N) is 1. The Morgan fingerprint density at radius 2 is 2.24 bits per heavy atom. The van der Waals surface area contributed by atoms with E-state index >= 15 is 0 Å². The molecule has 0 heterocycles. The predicted molar refractivity (Wildman–Crippen MR) is 85.5 cm³/mol. The van der Waals surface area contributed by atoms with Gasteiger partial charge in [-0.1, -0.05) is 18.2 Å². The zero-order valence-corrected chi connectivity index (χ0v) is 12.6. The molecule has 1 aromatic rings. The zero-order chi connectivity index (χ0) is 14.9. The third-order valence-corrected chi connectivity index (χ3v) is 3.55. The fourth-order valence-electron chi connectivity index (χ4n) is 2.21. The quantitative estimate of drug-likeness (QED) is 0.610. The van der Waals surface area contributed by atoms with Crippen LogP contribution in [-0.2, 0) is 6.54 Å². The Hall–Kier alpha value is -1.36. The highest BCUT2D eigenvalue weighted by Gasteiger charge is 2.19. The number of ether oxygens (including phenoxy) is 1. The van der Waals surface area contributed by atoms with Crippen molar-refractivity contribution >= 4 is 0 Å². The third kappa shape index (κ3) is 6.29. The summed E-state index contributed by atoms with van der Waals surface area (Å²) in [5.41, 5.74) is 1.26. The van der Waals surface area contributed by atoms with Gasteiger partial charge in [-0.05, 0) is 30.5 Å². The molecule has 1 aliphatic carbocycles. The van der Waals surface area contributed by atoms with E-state index in [1.54, 1.807) is 0 Å². The minimum Gasteiger partial charge on any atom is -0.492 e. The summed E-state index contributed by atoms with van der Waals surface area (Å²) in [5, 5.41) is 12.5. The van der Waals surface area contributed by atoms with Crippen molar-refractivity contribution in [3.63, 3.8) is 0 Å². The second-order valence-corrected chi connectivity index (χ2v) is 5.46. The molecule has 0 radical (unpaired) electrons. The molecule has 2 rings (SSSR count). The van der Waals surface area contributed by atoms with Crippen LogP contribution in [0.4, 0.5) is 0 Å². The van der Waals surface area contributed by atoms with Gasteiger partial charge in [0.15, 0.2) is 0 Å². The van der Waals surface area contributed by atoms with Crippen molar-refractivity contribution in [3.05, 3.63) is 42.5 Å². The number of aliphatic hydroxyl groups excluding tert-OH is 1. The molecule has 116 valence electrons. The fourth-order valence-corrected chi connectivity index (χ4v) is 2.21. The molecule has 1 saturated carbocycles. The Bertz CT molecular complexity index is 433. The summed E-state index contributed by atoms with van der Waals surface area (Å²) < 4.78 is 5.81. The van der Waals surface area contributed by atoms with Gasteiger partial charge in [-0.3, -0.25) is 4.90 Å². The van der Waals surface area contributed by atoms with E-state index in [4.69, 9.17) is 9.84 Å². The normalized spacial score (nSPS) is 14.4. The summed E-state index contributed by atoms with van der Waals surface area (Å²) in [4.78, 5) is 2.12. The number of nitrogens with zero attached hydrogens (tertiary/aromatic N) is 1. The lowest BCUT2D eigenvalue weighted by Gasteiger charge is -2.19. The van der Waals surface area contributed by atoms with Crippen LogP contribution in [-0.4, -0.2) is 48.9 Å². The zero-order valence-electron chi connectivity index (χ0n) is 12.6. The first kappa shape index (κ1) is 16.0. The van der Waals surface area contributed by atoms with Gasteiger partial charge in [0.1, 0.15) is 12.4 Å². The Morgan fingerprint density at radius 3 is 2.95 bits per heavy atom. The van der Waals surface area contributed by atoms with Crippen molar-refractivity contribution in [1.82, 2.24) is 10.2 Å². The summed E-state index contributed by atoms with van der Waals surface area (Å²) in [6.45, 7) is 7.64. The second kappa shape index (κ2) is 8.82. The average molecular weight is 290 g/mol. The average Bonchev–Trinajstić information content (AvgIpc) is 3.30. The second-order valence-electron chi connectivity index (χ2n) is 5.46. The topological polar surface area (TPSA) is 44.7 Å². The van der Waals surface area contributed by atoms with Gasteiger partial charge >= 0.3 is 0 Å². The van der Waals surface area contributed by atoms with Crippen LogP contribution in [0.5, 0.6) is 5.75 Å². The highest BCUT2D eigenvalue weighted by molar-refractivity contribution is 5.28. The largest absolute Gasteiger partial charge is 0.492 e. The van der Waals surface area contributed by atoms with E-state index < -0.39 is 0 Å². The van der Waals surface area contributed by atoms with Crippen LogP contribution in [0.25, 0.3) is 0 Å². The molecule has 0 spiro atoms. The van der Waals surface area contributed by atoms with Gasteiger partial charge in [-0.25, -0.2) is 0 Å². The van der Waals surface area contributed by atoms with Crippen molar-refractivity contribution in [2.24, 2.45) is 0 Å². The summed E-state index contributed by atoms with van der Waals surface area (Å²) in [6, 6.07) is 8.97. The van der Waals surface area contributed by atoms with E-state index in [1.807, 2.05) is 18.2 Å². The molecule has 4 heteroatoms. The molecular weight excluding hydrogens is 264 g/mol. The van der Waals surface area contributed by atoms with E-state index in [1.165, 1.54) is 18.4 Å². The van der Waals surface area contributed by atoms with Crippen LogP contribution >= 0.6 is 0 Å². The van der Waals surface area contributed by atoms with Crippen LogP contribution in [0, 0.1) is 0 Å². The van der Waals surface area contributed by atoms with E-state index in [0.29, 0.717) is 13.2 Å². The Balaban J connectivity index is 1.73. The lowest BCUT2D eigenvalue weighted by molar-refractivity contribution is 0.180. The molecule has 1 aromatic carbocycles. The molecule has 1 fully saturated rings. The van der Waals surface area contributed by atoms with Crippen molar-refractivity contribution in [2.75, 3.05) is 32.8 Å². The van der Waals surface area contributed by atoms with Gasteiger partial charge in [-0.2, -0.15) is 0 Å². The number of aliphatic hydroxyl groups is 1. The van der Waals surface area contributed by atoms with Gasteiger partial charge in [0.2, 0.25) is 0 Å². The Morgan fingerprint density at radius 1 is 1.38 bits per heavy atom. The molecule has 1 aliphatic rings. The summed E-state index contributed by atoms with van der Waals surface area (Å²) in [6.07, 6.45) is 4.46. The van der Waals surface area contributed by atoms with E-state index in [0.717, 1.165) is 31.4 Å². The Kier molecular flexibility index (Phi) is 6.73. The van der Waals surface area contributed by atoms with Gasteiger partial charge in [-0.15, -0.1) is 6.58 Å². The van der Waals surface area contributed by atoms with Gasteiger partial charge in [0.05, 0.1) is 6.61 Å². The molecule has 21 heavy (non-hydrogen) atoms. The monoisotopic (exact) mass is 290 g/mol. The van der Waals surface area contributed by atoms with Crippen molar-refractivity contribution in [3.8, 4) is 5.75 Å². The number of hydrogen-bond acceptors (Lipinski definition) is 4. The van der Waals surface area contributed by atoms with E-state index in [9.17, 15) is 0 Å². The smallest absolute Gasteiger partial charge is 0.119 e. The van der Waals surface area contributed by atoms with Crippen molar-refractivity contribution in [1.29, 1.82) is 0 Å². The first-order valence-corrected chi connectivity index (χ1v) is 7.71. The summed E-state index contributed by atoms with van der Waals surface area (Å²) >= 11 is 0. The lowest BCUT2D eigenvalue weighted by Crippen LogP contribution is -2.31. The van der Waals surface area contributed by atoms with Crippen LogP contribution in [0.3, 0.4) is 0 Å². The number of rotatable bonds is 11. The molecule has 0 atom stereocenters. The molecule has 2 N–H and O–H groups in total. The lowest BCUT2D eigenvalue weighted by atomic mass is 10.2. The fraction of sp³-hybridized carbons (Fsp3) is 0.529. The van der Waals surface area contributed by atoms with E-state index in [2.05, 4.69) is 28.9 Å². The highest BCUT2D eigenvalue weighted by Crippen LogP contribution is 2.20. The minimum atomic E-state index is 0.163. The van der Waals surface area contributed by atoms with Crippen molar-refractivity contribution < 1.29 is 9.84 Å². The van der Waals surface area contributed by atoms with Crippen molar-refractivity contribution in [2.45, 2.75) is 25.4 Å². The summed E-state index contributed by atoms with van der Waals surface area (Å²) in [7, 11) is 0. The van der Waals surface area contributed by atoms with E-state index in [-0.39, 0.29) is 6.61 Å². The molecule has 0 aliphatic heterocycles. The first-order valence-electron chi connectivity index (χ1n) is 7.71. The Labute approximate surface area is 127 Å². The molecule has 0 aromatic heterocycles. The van der Waals surface area contributed by atoms with Gasteiger partial charge in [0.25, 0.3) is 0 Å². The summed E-state index contributed by atoms with van der Waals surface area (Å²) in [5.74, 6) is 0.910. The maximum absolute atomic E-state index is 9.00. The third-order valence-electron chi connectivity index (χ3n) is 3.55. The van der Waals surface area contributed by atoms with Crippen LogP contribution in [0.15, 0.2) is 36.9 Å².